The number of hydrogen-bond acceptors (Lipinski definition) is 1. The van der Waals surface area contributed by atoms with Crippen LogP contribution >= 0.6 is 47.8 Å². The summed E-state index contributed by atoms with van der Waals surface area (Å²) < 4.78 is 7.98. The second-order valence-corrected chi connectivity index (χ2v) is 6.20. The van der Waals surface area contributed by atoms with Crippen molar-refractivity contribution in [1.82, 2.24) is 0 Å². The quantitative estimate of drug-likeness (QED) is 0.562. The van der Waals surface area contributed by atoms with E-state index in [4.69, 9.17) is 4.74 Å². The van der Waals surface area contributed by atoms with Crippen LogP contribution in [-0.2, 0) is 11.9 Å². The maximum absolute atomic E-state index is 5.85. The Hall–Kier alpha value is -0.320. The van der Waals surface area contributed by atoms with Crippen LogP contribution in [0, 0.1) is 0 Å². The van der Waals surface area contributed by atoms with Crippen LogP contribution in [0.1, 0.15) is 11.1 Å². The summed E-state index contributed by atoms with van der Waals surface area (Å²) in [6.45, 7) is 0.571. The van der Waals surface area contributed by atoms with Gasteiger partial charge in [-0.1, -0.05) is 59.9 Å². The average Bonchev–Trinajstić information content (AvgIpc) is 2.37. The maximum atomic E-state index is 5.85. The Labute approximate surface area is 132 Å². The van der Waals surface area contributed by atoms with Gasteiger partial charge in [-0.2, -0.15) is 0 Å². The first-order valence-electron chi connectivity index (χ1n) is 5.40. The van der Waals surface area contributed by atoms with Crippen molar-refractivity contribution in [2.75, 3.05) is 0 Å². The van der Waals surface area contributed by atoms with Crippen LogP contribution < -0.4 is 4.74 Å². The van der Waals surface area contributed by atoms with E-state index in [0.717, 1.165) is 31.2 Å². The minimum atomic E-state index is 0.571. The van der Waals surface area contributed by atoms with Gasteiger partial charge in [0.1, 0.15) is 12.4 Å². The molecule has 0 radical (unpaired) electrons. The van der Waals surface area contributed by atoms with Gasteiger partial charge < -0.3 is 4.74 Å². The lowest BCUT2D eigenvalue weighted by atomic mass is 10.2. The summed E-state index contributed by atoms with van der Waals surface area (Å²) in [6.07, 6.45) is 0. The predicted molar refractivity (Wildman–Crippen MR) is 85.2 cm³/mol. The number of benzene rings is 2. The van der Waals surface area contributed by atoms with E-state index in [9.17, 15) is 0 Å². The second kappa shape index (κ2) is 6.73. The highest BCUT2D eigenvalue weighted by Gasteiger charge is 2.04. The Balaban J connectivity index is 2.10. The van der Waals surface area contributed by atoms with Crippen molar-refractivity contribution in [2.45, 2.75) is 11.9 Å². The Morgan fingerprint density at radius 1 is 0.944 bits per heavy atom. The fourth-order valence-corrected chi connectivity index (χ4v) is 2.87. The molecule has 0 spiro atoms. The highest BCUT2D eigenvalue weighted by molar-refractivity contribution is 9.10. The molecule has 0 aliphatic heterocycles. The molecule has 0 aliphatic rings. The van der Waals surface area contributed by atoms with E-state index in [1.165, 1.54) is 0 Å². The van der Waals surface area contributed by atoms with Gasteiger partial charge in [0.15, 0.2) is 0 Å². The number of hydrogen-bond donors (Lipinski definition) is 0. The molecule has 2 rings (SSSR count). The molecule has 1 nitrogen and oxygen atoms in total. The average molecular weight is 435 g/mol. The fraction of sp³-hybridized carbons (Fsp3) is 0.143. The van der Waals surface area contributed by atoms with Gasteiger partial charge in [-0.3, -0.25) is 0 Å². The van der Waals surface area contributed by atoms with Crippen LogP contribution in [0.15, 0.2) is 51.4 Å². The minimum absolute atomic E-state index is 0.571. The van der Waals surface area contributed by atoms with Crippen LogP contribution in [0.3, 0.4) is 0 Å². The molecule has 0 N–H and O–H groups in total. The molecule has 0 aromatic heterocycles. The molecule has 0 saturated carbocycles. The summed E-state index contributed by atoms with van der Waals surface area (Å²) >= 11 is 10.4. The van der Waals surface area contributed by atoms with E-state index < -0.39 is 0 Å². The zero-order valence-electron chi connectivity index (χ0n) is 9.50. The number of rotatable bonds is 4. The molecule has 0 atom stereocenters. The smallest absolute Gasteiger partial charge is 0.123 e. The van der Waals surface area contributed by atoms with Gasteiger partial charge in [-0.15, -0.1) is 0 Å². The standard InChI is InChI=1S/C14H11Br3O/c15-8-11-7-13(17)4-5-14(11)18-9-10-2-1-3-12(16)6-10/h1-7H,8-9H2. The van der Waals surface area contributed by atoms with E-state index >= 15 is 0 Å². The third-order valence-corrected chi connectivity index (χ3v) is 4.04. The predicted octanol–water partition coefficient (Wildman–Crippen LogP) is 5.69. The van der Waals surface area contributed by atoms with Crippen LogP contribution in [-0.4, -0.2) is 0 Å². The van der Waals surface area contributed by atoms with Crippen LogP contribution in [0.25, 0.3) is 0 Å². The molecule has 0 aliphatic carbocycles. The molecule has 2 aromatic rings. The monoisotopic (exact) mass is 432 g/mol. The highest BCUT2D eigenvalue weighted by atomic mass is 79.9. The van der Waals surface area contributed by atoms with Gasteiger partial charge >= 0.3 is 0 Å². The summed E-state index contributed by atoms with van der Waals surface area (Å²) in [5.74, 6) is 0.912. The van der Waals surface area contributed by atoms with Crippen molar-refractivity contribution in [3.8, 4) is 5.75 Å². The van der Waals surface area contributed by atoms with Gasteiger partial charge in [0.05, 0.1) is 0 Å². The van der Waals surface area contributed by atoms with Crippen molar-refractivity contribution in [2.24, 2.45) is 0 Å². The molecule has 0 fully saturated rings. The normalized spacial score (nSPS) is 10.4. The lowest BCUT2D eigenvalue weighted by Gasteiger charge is -2.10. The molecule has 94 valence electrons. The van der Waals surface area contributed by atoms with E-state index in [1.807, 2.05) is 24.3 Å². The van der Waals surface area contributed by atoms with Crippen molar-refractivity contribution >= 4 is 47.8 Å². The first-order chi connectivity index (χ1) is 8.69. The Bertz CT molecular complexity index is 540. The Kier molecular flexibility index (Phi) is 5.27. The molecular formula is C14H11Br3O. The molecule has 18 heavy (non-hydrogen) atoms. The fourth-order valence-electron chi connectivity index (χ4n) is 1.58. The summed E-state index contributed by atoms with van der Waals surface area (Å²) in [5, 5.41) is 0.778. The number of ether oxygens (including phenoxy) is 1. The van der Waals surface area contributed by atoms with Crippen molar-refractivity contribution in [3.63, 3.8) is 0 Å². The van der Waals surface area contributed by atoms with Crippen LogP contribution in [0.4, 0.5) is 0 Å². The van der Waals surface area contributed by atoms with E-state index in [2.05, 4.69) is 66.0 Å². The second-order valence-electron chi connectivity index (χ2n) is 3.80. The molecular weight excluding hydrogens is 424 g/mol. The van der Waals surface area contributed by atoms with Crippen molar-refractivity contribution < 1.29 is 4.74 Å². The SMILES string of the molecule is BrCc1cc(Br)ccc1OCc1cccc(Br)c1. The van der Waals surface area contributed by atoms with E-state index in [0.29, 0.717) is 6.61 Å². The Morgan fingerprint density at radius 3 is 2.44 bits per heavy atom. The third-order valence-electron chi connectivity index (χ3n) is 2.45. The van der Waals surface area contributed by atoms with E-state index in [-0.39, 0.29) is 0 Å². The topological polar surface area (TPSA) is 9.23 Å². The Morgan fingerprint density at radius 2 is 1.72 bits per heavy atom. The third kappa shape index (κ3) is 3.84. The molecule has 0 bridgehead atoms. The summed E-state index contributed by atoms with van der Waals surface area (Å²) in [7, 11) is 0. The molecule has 4 heteroatoms. The number of halogens is 3. The van der Waals surface area contributed by atoms with E-state index in [1.54, 1.807) is 0 Å². The van der Waals surface area contributed by atoms with Gasteiger partial charge in [0.25, 0.3) is 0 Å². The first kappa shape index (κ1) is 14.1. The molecule has 0 saturated heterocycles. The van der Waals surface area contributed by atoms with Crippen molar-refractivity contribution in [1.29, 1.82) is 0 Å². The summed E-state index contributed by atoms with van der Waals surface area (Å²) in [6, 6.07) is 14.2. The zero-order chi connectivity index (χ0) is 13.0. The minimum Gasteiger partial charge on any atom is -0.489 e. The van der Waals surface area contributed by atoms with Crippen LogP contribution in [0.5, 0.6) is 5.75 Å². The lowest BCUT2D eigenvalue weighted by Crippen LogP contribution is -1.97. The zero-order valence-corrected chi connectivity index (χ0v) is 14.3. The van der Waals surface area contributed by atoms with Gasteiger partial charge in [-0.25, -0.2) is 0 Å². The van der Waals surface area contributed by atoms with Gasteiger partial charge in [0.2, 0.25) is 0 Å². The summed E-state index contributed by atoms with van der Waals surface area (Å²) in [5.41, 5.74) is 2.28. The maximum Gasteiger partial charge on any atom is 0.123 e. The van der Waals surface area contributed by atoms with Gasteiger partial charge in [-0.05, 0) is 35.9 Å². The first-order valence-corrected chi connectivity index (χ1v) is 8.11. The highest BCUT2D eigenvalue weighted by Crippen LogP contribution is 2.26. The molecule has 2 aromatic carbocycles. The largest absolute Gasteiger partial charge is 0.489 e. The lowest BCUT2D eigenvalue weighted by molar-refractivity contribution is 0.304. The van der Waals surface area contributed by atoms with Crippen molar-refractivity contribution in [3.05, 3.63) is 62.5 Å². The summed E-state index contributed by atoms with van der Waals surface area (Å²) in [4.78, 5) is 0. The molecule has 0 heterocycles. The molecule has 0 unspecified atom stereocenters. The van der Waals surface area contributed by atoms with Crippen LogP contribution in [0.2, 0.25) is 0 Å². The number of alkyl halides is 1. The van der Waals surface area contributed by atoms with Gasteiger partial charge in [0, 0.05) is 19.8 Å². The molecule has 0 amide bonds.